The summed E-state index contributed by atoms with van der Waals surface area (Å²) >= 11 is 0. The van der Waals surface area contributed by atoms with E-state index in [4.69, 9.17) is 11.5 Å². The van der Waals surface area contributed by atoms with Crippen molar-refractivity contribution in [1.29, 1.82) is 0 Å². The largest absolute Gasteiger partial charge is 0.398 e. The van der Waals surface area contributed by atoms with E-state index in [1.807, 2.05) is 12.1 Å². The molecule has 0 bridgehead atoms. The van der Waals surface area contributed by atoms with Gasteiger partial charge in [-0.2, -0.15) is 0 Å². The van der Waals surface area contributed by atoms with Crippen molar-refractivity contribution in [1.82, 2.24) is 0 Å². The molecule has 0 unspecified atom stereocenters. The van der Waals surface area contributed by atoms with Crippen molar-refractivity contribution in [2.24, 2.45) is 0 Å². The second kappa shape index (κ2) is 3.48. The van der Waals surface area contributed by atoms with Crippen LogP contribution in [0.1, 0.15) is 25.0 Å². The first-order valence-corrected chi connectivity index (χ1v) is 4.36. The summed E-state index contributed by atoms with van der Waals surface area (Å²) in [7, 11) is 0. The fourth-order valence-corrected chi connectivity index (χ4v) is 1.43. The van der Waals surface area contributed by atoms with Crippen LogP contribution in [-0.2, 0) is 12.8 Å². The van der Waals surface area contributed by atoms with Crippen LogP contribution in [0.3, 0.4) is 0 Å². The summed E-state index contributed by atoms with van der Waals surface area (Å²) in [6.45, 7) is 4.17. The molecule has 2 heteroatoms. The highest BCUT2D eigenvalue weighted by Gasteiger charge is 2.04. The van der Waals surface area contributed by atoms with E-state index in [0.29, 0.717) is 0 Å². The van der Waals surface area contributed by atoms with Gasteiger partial charge in [-0.25, -0.2) is 0 Å². The van der Waals surface area contributed by atoms with Crippen molar-refractivity contribution < 1.29 is 0 Å². The van der Waals surface area contributed by atoms with Gasteiger partial charge in [0.25, 0.3) is 0 Å². The molecule has 0 spiro atoms. The highest BCUT2D eigenvalue weighted by Crippen LogP contribution is 2.24. The Balaban J connectivity index is 3.24. The molecule has 0 aliphatic carbocycles. The zero-order valence-corrected chi connectivity index (χ0v) is 7.72. The maximum atomic E-state index is 5.93. The number of nitrogen functional groups attached to an aromatic ring is 2. The molecule has 66 valence electrons. The molecule has 1 aromatic rings. The molecule has 0 aromatic heterocycles. The third-order valence-corrected chi connectivity index (χ3v) is 2.22. The molecule has 4 N–H and O–H groups in total. The molecular weight excluding hydrogens is 148 g/mol. The molecule has 0 heterocycles. The maximum Gasteiger partial charge on any atom is 0.0399 e. The molecule has 0 saturated carbocycles. The summed E-state index contributed by atoms with van der Waals surface area (Å²) in [5.74, 6) is 0. The minimum Gasteiger partial charge on any atom is -0.398 e. The molecule has 0 fully saturated rings. The molecule has 0 saturated heterocycles. The molecule has 0 aliphatic heterocycles. The second-order valence-electron chi connectivity index (χ2n) is 2.91. The quantitative estimate of drug-likeness (QED) is 0.657. The summed E-state index contributed by atoms with van der Waals surface area (Å²) in [5, 5.41) is 0. The van der Waals surface area contributed by atoms with Crippen molar-refractivity contribution >= 4 is 11.4 Å². The van der Waals surface area contributed by atoms with Crippen LogP contribution >= 0.6 is 0 Å². The predicted molar refractivity (Wildman–Crippen MR) is 54.0 cm³/mol. The van der Waals surface area contributed by atoms with Crippen molar-refractivity contribution in [3.05, 3.63) is 23.3 Å². The zero-order valence-electron chi connectivity index (χ0n) is 7.72. The van der Waals surface area contributed by atoms with E-state index in [1.165, 1.54) is 5.56 Å². The molecule has 2 nitrogen and oxygen atoms in total. The molecule has 0 atom stereocenters. The first-order chi connectivity index (χ1) is 5.70. The standard InChI is InChI=1S/C10H16N2/c1-3-7-5-6-9(11)8(4-2)10(7)12/h5-6H,3-4,11-12H2,1-2H3. The Labute approximate surface area is 73.6 Å². The zero-order chi connectivity index (χ0) is 9.14. The lowest BCUT2D eigenvalue weighted by Gasteiger charge is -2.10. The van der Waals surface area contributed by atoms with Gasteiger partial charge in [-0.1, -0.05) is 19.9 Å². The van der Waals surface area contributed by atoms with Crippen molar-refractivity contribution in [2.75, 3.05) is 11.5 Å². The molecule has 12 heavy (non-hydrogen) atoms. The van der Waals surface area contributed by atoms with Gasteiger partial charge in [0.05, 0.1) is 0 Å². The van der Waals surface area contributed by atoms with E-state index in [2.05, 4.69) is 13.8 Å². The minimum atomic E-state index is 0.812. The Bertz CT molecular complexity index is 279. The third kappa shape index (κ3) is 1.37. The maximum absolute atomic E-state index is 5.93. The molecule has 0 radical (unpaired) electrons. The lowest BCUT2D eigenvalue weighted by atomic mass is 10.0. The highest BCUT2D eigenvalue weighted by atomic mass is 14.6. The number of rotatable bonds is 2. The Morgan fingerprint density at radius 1 is 1.08 bits per heavy atom. The first-order valence-electron chi connectivity index (χ1n) is 4.36. The minimum absolute atomic E-state index is 0.812. The van der Waals surface area contributed by atoms with E-state index in [9.17, 15) is 0 Å². The average molecular weight is 164 g/mol. The van der Waals surface area contributed by atoms with Crippen LogP contribution in [0.25, 0.3) is 0 Å². The van der Waals surface area contributed by atoms with E-state index in [-0.39, 0.29) is 0 Å². The van der Waals surface area contributed by atoms with Gasteiger partial charge in [0, 0.05) is 11.4 Å². The highest BCUT2D eigenvalue weighted by molar-refractivity contribution is 5.65. The van der Waals surface area contributed by atoms with E-state index >= 15 is 0 Å². The first kappa shape index (κ1) is 8.91. The summed E-state index contributed by atoms with van der Waals surface area (Å²) in [6.07, 6.45) is 1.88. The fraction of sp³-hybridized carbons (Fsp3) is 0.400. The van der Waals surface area contributed by atoms with Gasteiger partial charge in [-0.3, -0.25) is 0 Å². The number of hydrogen-bond donors (Lipinski definition) is 2. The summed E-state index contributed by atoms with van der Waals surface area (Å²) < 4.78 is 0. The third-order valence-electron chi connectivity index (χ3n) is 2.22. The second-order valence-corrected chi connectivity index (χ2v) is 2.91. The molecule has 0 aliphatic rings. The van der Waals surface area contributed by atoms with Crippen LogP contribution in [-0.4, -0.2) is 0 Å². The van der Waals surface area contributed by atoms with Gasteiger partial charge in [0.2, 0.25) is 0 Å². The van der Waals surface area contributed by atoms with Crippen LogP contribution in [0.5, 0.6) is 0 Å². The Kier molecular flexibility index (Phi) is 2.58. The Hall–Kier alpha value is -1.18. The summed E-state index contributed by atoms with van der Waals surface area (Å²) in [5.41, 5.74) is 15.7. The topological polar surface area (TPSA) is 52.0 Å². The van der Waals surface area contributed by atoms with Crippen LogP contribution in [0.4, 0.5) is 11.4 Å². The molecule has 0 amide bonds. The van der Waals surface area contributed by atoms with E-state index in [1.54, 1.807) is 0 Å². The smallest absolute Gasteiger partial charge is 0.0399 e. The van der Waals surface area contributed by atoms with Crippen LogP contribution < -0.4 is 11.5 Å². The Morgan fingerprint density at radius 2 is 1.75 bits per heavy atom. The van der Waals surface area contributed by atoms with Gasteiger partial charge >= 0.3 is 0 Å². The van der Waals surface area contributed by atoms with Crippen molar-refractivity contribution in [3.8, 4) is 0 Å². The lowest BCUT2D eigenvalue weighted by Crippen LogP contribution is -2.02. The number of aryl methyl sites for hydroxylation is 1. The molecule has 1 rings (SSSR count). The SMILES string of the molecule is CCc1ccc(N)c(CC)c1N. The lowest BCUT2D eigenvalue weighted by molar-refractivity contribution is 1.10. The number of hydrogen-bond acceptors (Lipinski definition) is 2. The average Bonchev–Trinajstić information content (AvgIpc) is 2.06. The van der Waals surface area contributed by atoms with Crippen LogP contribution in [0.15, 0.2) is 12.1 Å². The van der Waals surface area contributed by atoms with Gasteiger partial charge in [-0.15, -0.1) is 0 Å². The number of nitrogens with two attached hydrogens (primary N) is 2. The summed E-state index contributed by atoms with van der Waals surface area (Å²) in [4.78, 5) is 0. The van der Waals surface area contributed by atoms with Gasteiger partial charge in [0.15, 0.2) is 0 Å². The predicted octanol–water partition coefficient (Wildman–Crippen LogP) is 1.98. The normalized spacial score (nSPS) is 10.2. The van der Waals surface area contributed by atoms with Crippen molar-refractivity contribution in [3.63, 3.8) is 0 Å². The molecular formula is C10H16N2. The number of benzene rings is 1. The Morgan fingerprint density at radius 3 is 2.25 bits per heavy atom. The monoisotopic (exact) mass is 164 g/mol. The fourth-order valence-electron chi connectivity index (χ4n) is 1.43. The summed E-state index contributed by atoms with van der Waals surface area (Å²) in [6, 6.07) is 3.94. The van der Waals surface area contributed by atoms with Gasteiger partial charge < -0.3 is 11.5 Å². The van der Waals surface area contributed by atoms with E-state index < -0.39 is 0 Å². The van der Waals surface area contributed by atoms with Gasteiger partial charge in [-0.05, 0) is 30.0 Å². The molecule has 1 aromatic carbocycles. The number of anilines is 2. The van der Waals surface area contributed by atoms with E-state index in [0.717, 1.165) is 29.8 Å². The van der Waals surface area contributed by atoms with Crippen molar-refractivity contribution in [2.45, 2.75) is 26.7 Å². The van der Waals surface area contributed by atoms with Crippen LogP contribution in [0, 0.1) is 0 Å². The van der Waals surface area contributed by atoms with Crippen LogP contribution in [0.2, 0.25) is 0 Å². The van der Waals surface area contributed by atoms with Gasteiger partial charge in [0.1, 0.15) is 0 Å².